The number of rotatable bonds is 5. The van der Waals surface area contributed by atoms with Gasteiger partial charge in [0.1, 0.15) is 16.5 Å². The zero-order valence-corrected chi connectivity index (χ0v) is 17.7. The molecule has 0 aliphatic carbocycles. The van der Waals surface area contributed by atoms with Crippen molar-refractivity contribution in [2.75, 3.05) is 32.4 Å². The molecule has 0 saturated carbocycles. The number of piperazine rings is 1. The van der Waals surface area contributed by atoms with Crippen LogP contribution in [-0.2, 0) is 25.6 Å². The van der Waals surface area contributed by atoms with Crippen molar-refractivity contribution in [3.05, 3.63) is 65.2 Å². The van der Waals surface area contributed by atoms with Gasteiger partial charge in [-0.25, -0.2) is 25.6 Å². The highest BCUT2D eigenvalue weighted by Crippen LogP contribution is 2.22. The Morgan fingerprint density at radius 3 is 2.10 bits per heavy atom. The van der Waals surface area contributed by atoms with Crippen LogP contribution in [0.5, 0.6) is 0 Å². The smallest absolute Gasteiger partial charge is 0.253 e. The van der Waals surface area contributed by atoms with Gasteiger partial charge in [-0.1, -0.05) is 12.1 Å². The molecule has 7 nitrogen and oxygen atoms in total. The number of sulfone groups is 1. The van der Waals surface area contributed by atoms with Crippen molar-refractivity contribution in [2.45, 2.75) is 10.6 Å². The Morgan fingerprint density at radius 1 is 0.933 bits per heavy atom. The first-order valence-electron chi connectivity index (χ1n) is 8.98. The maximum Gasteiger partial charge on any atom is 0.253 e. The molecule has 1 amide bonds. The van der Waals surface area contributed by atoms with Gasteiger partial charge in [-0.3, -0.25) is 4.79 Å². The number of hydrogen-bond acceptors (Lipinski definition) is 5. The molecule has 2 aromatic carbocycles. The van der Waals surface area contributed by atoms with Crippen molar-refractivity contribution in [3.8, 4) is 0 Å². The average Bonchev–Trinajstić information content (AvgIpc) is 2.68. The Bertz CT molecular complexity index is 1160. The maximum absolute atomic E-state index is 13.9. The summed E-state index contributed by atoms with van der Waals surface area (Å²) >= 11 is 0. The fraction of sp³-hybridized carbons (Fsp3) is 0.316. The predicted octanol–water partition coefficient (Wildman–Crippen LogP) is 1.66. The number of sulfonamides is 1. The monoisotopic (exact) mass is 458 g/mol. The molecular formula is C19H20F2N2O5S2. The highest BCUT2D eigenvalue weighted by molar-refractivity contribution is 7.90. The number of halogens is 2. The molecule has 0 N–H and O–H groups in total. The normalized spacial score (nSPS) is 15.9. The first-order valence-corrected chi connectivity index (χ1v) is 12.5. The van der Waals surface area contributed by atoms with Crippen LogP contribution in [0.2, 0.25) is 0 Å². The largest absolute Gasteiger partial charge is 0.336 e. The van der Waals surface area contributed by atoms with Gasteiger partial charge in [-0.2, -0.15) is 4.31 Å². The standard InChI is InChI=1S/C19H20F2N2O5S2/c1-29(25,26)13-14-2-4-15(5-3-14)19(24)22-8-10-23(11-9-22)30(27,28)18-12-16(20)6-7-17(18)21/h2-7,12H,8-11,13H2,1H3. The van der Waals surface area contributed by atoms with Gasteiger partial charge in [0.2, 0.25) is 10.0 Å². The van der Waals surface area contributed by atoms with E-state index in [1.165, 1.54) is 17.0 Å². The molecule has 1 saturated heterocycles. The zero-order valence-electron chi connectivity index (χ0n) is 16.1. The molecule has 30 heavy (non-hydrogen) atoms. The summed E-state index contributed by atoms with van der Waals surface area (Å²) in [7, 11) is -7.42. The van der Waals surface area contributed by atoms with Gasteiger partial charge in [0, 0.05) is 38.0 Å². The number of amides is 1. The van der Waals surface area contributed by atoms with E-state index in [-0.39, 0.29) is 37.8 Å². The van der Waals surface area contributed by atoms with Crippen molar-refractivity contribution in [3.63, 3.8) is 0 Å². The molecule has 11 heteroatoms. The summed E-state index contributed by atoms with van der Waals surface area (Å²) in [6.07, 6.45) is 1.12. The van der Waals surface area contributed by atoms with Crippen LogP contribution in [0.15, 0.2) is 47.4 Å². The fourth-order valence-corrected chi connectivity index (χ4v) is 5.47. The molecule has 0 atom stereocenters. The lowest BCUT2D eigenvalue weighted by atomic mass is 10.1. The second-order valence-corrected chi connectivity index (χ2v) is 11.1. The molecular weight excluding hydrogens is 438 g/mol. The first kappa shape index (κ1) is 22.3. The molecule has 1 aliphatic heterocycles. The van der Waals surface area contributed by atoms with Gasteiger partial charge < -0.3 is 4.90 Å². The summed E-state index contributed by atoms with van der Waals surface area (Å²) in [5, 5.41) is 0. The van der Waals surface area contributed by atoms with Gasteiger partial charge in [0.05, 0.1) is 5.75 Å². The lowest BCUT2D eigenvalue weighted by Gasteiger charge is -2.34. The highest BCUT2D eigenvalue weighted by atomic mass is 32.2. The Kier molecular flexibility index (Phi) is 6.25. The van der Waals surface area contributed by atoms with Gasteiger partial charge in [-0.05, 0) is 35.9 Å². The van der Waals surface area contributed by atoms with Crippen molar-refractivity contribution in [1.29, 1.82) is 0 Å². The van der Waals surface area contributed by atoms with Crippen LogP contribution in [0.25, 0.3) is 0 Å². The zero-order chi connectivity index (χ0) is 22.1. The van der Waals surface area contributed by atoms with Crippen LogP contribution < -0.4 is 0 Å². The van der Waals surface area contributed by atoms with Crippen molar-refractivity contribution in [1.82, 2.24) is 9.21 Å². The summed E-state index contributed by atoms with van der Waals surface area (Å²) in [5.41, 5.74) is 0.904. The van der Waals surface area contributed by atoms with E-state index in [1.54, 1.807) is 12.1 Å². The van der Waals surface area contributed by atoms with E-state index < -0.39 is 36.4 Å². The van der Waals surface area contributed by atoms with Crippen LogP contribution in [0.4, 0.5) is 8.78 Å². The van der Waals surface area contributed by atoms with Gasteiger partial charge >= 0.3 is 0 Å². The number of benzene rings is 2. The second kappa shape index (κ2) is 8.40. The van der Waals surface area contributed by atoms with Crippen LogP contribution in [0, 0.1) is 11.6 Å². The molecule has 1 heterocycles. The summed E-state index contributed by atoms with van der Waals surface area (Å²) in [5.74, 6) is -2.35. The minimum atomic E-state index is -4.23. The van der Waals surface area contributed by atoms with E-state index in [4.69, 9.17) is 0 Å². The van der Waals surface area contributed by atoms with E-state index in [0.717, 1.165) is 22.7 Å². The lowest BCUT2D eigenvalue weighted by molar-refractivity contribution is 0.0697. The third kappa shape index (κ3) is 5.02. The van der Waals surface area contributed by atoms with Gasteiger partial charge in [0.15, 0.2) is 9.84 Å². The third-order valence-electron chi connectivity index (χ3n) is 4.67. The third-order valence-corrected chi connectivity index (χ3v) is 7.44. The lowest BCUT2D eigenvalue weighted by Crippen LogP contribution is -2.50. The van der Waals surface area contributed by atoms with Gasteiger partial charge in [0.25, 0.3) is 5.91 Å². The van der Waals surface area contributed by atoms with E-state index in [9.17, 15) is 30.4 Å². The van der Waals surface area contributed by atoms with Crippen LogP contribution >= 0.6 is 0 Å². The summed E-state index contributed by atoms with van der Waals surface area (Å²) in [4.78, 5) is 13.4. The van der Waals surface area contributed by atoms with Crippen LogP contribution in [-0.4, -0.2) is 64.4 Å². The van der Waals surface area contributed by atoms with Crippen LogP contribution in [0.1, 0.15) is 15.9 Å². The van der Waals surface area contributed by atoms with Crippen molar-refractivity contribution in [2.24, 2.45) is 0 Å². The molecule has 2 aromatic rings. The van der Waals surface area contributed by atoms with Gasteiger partial charge in [-0.15, -0.1) is 0 Å². The van der Waals surface area contributed by atoms with E-state index in [2.05, 4.69) is 0 Å². The van der Waals surface area contributed by atoms with Crippen molar-refractivity contribution < 1.29 is 30.4 Å². The number of carbonyl (C=O) groups is 1. The topological polar surface area (TPSA) is 91.8 Å². The first-order chi connectivity index (χ1) is 14.0. The molecule has 1 fully saturated rings. The Labute approximate surface area is 173 Å². The molecule has 0 spiro atoms. The predicted molar refractivity (Wildman–Crippen MR) is 106 cm³/mol. The van der Waals surface area contributed by atoms with Crippen LogP contribution in [0.3, 0.4) is 0 Å². The highest BCUT2D eigenvalue weighted by Gasteiger charge is 2.32. The molecule has 0 radical (unpaired) electrons. The average molecular weight is 459 g/mol. The molecule has 0 bridgehead atoms. The maximum atomic E-state index is 13.9. The van der Waals surface area contributed by atoms with E-state index in [1.807, 2.05) is 0 Å². The Balaban J connectivity index is 1.68. The quantitative estimate of drug-likeness (QED) is 0.680. The summed E-state index contributed by atoms with van der Waals surface area (Å²) in [6.45, 7) is 0.0482. The summed E-state index contributed by atoms with van der Waals surface area (Å²) in [6, 6.07) is 8.40. The molecule has 162 valence electrons. The fourth-order valence-electron chi connectivity index (χ4n) is 3.17. The second-order valence-electron chi connectivity index (χ2n) is 7.04. The Hall–Kier alpha value is -2.37. The minimum Gasteiger partial charge on any atom is -0.336 e. The van der Waals surface area contributed by atoms with E-state index >= 15 is 0 Å². The summed E-state index contributed by atoms with van der Waals surface area (Å²) < 4.78 is 76.3. The minimum absolute atomic E-state index is 0.0593. The van der Waals surface area contributed by atoms with E-state index in [0.29, 0.717) is 17.2 Å². The van der Waals surface area contributed by atoms with Crippen molar-refractivity contribution >= 4 is 25.8 Å². The molecule has 3 rings (SSSR count). The SMILES string of the molecule is CS(=O)(=O)Cc1ccc(C(=O)N2CCN(S(=O)(=O)c3cc(F)ccc3F)CC2)cc1. The Morgan fingerprint density at radius 2 is 1.53 bits per heavy atom. The number of carbonyl (C=O) groups excluding carboxylic acids is 1. The molecule has 0 aromatic heterocycles. The molecule has 1 aliphatic rings. The molecule has 0 unspecified atom stereocenters. The number of nitrogens with zero attached hydrogens (tertiary/aromatic N) is 2. The number of hydrogen-bond donors (Lipinski definition) is 0.